The van der Waals surface area contributed by atoms with E-state index < -0.39 is 34.7 Å². The maximum atomic E-state index is 13.1. The fourth-order valence-electron chi connectivity index (χ4n) is 0.980. The van der Waals surface area contributed by atoms with Crippen LogP contribution >= 0.6 is 0 Å². The highest BCUT2D eigenvalue weighted by Crippen LogP contribution is 2.22. The second kappa shape index (κ2) is 4.04. The Kier molecular flexibility index (Phi) is 2.99. The molecule has 0 saturated carbocycles. The molecule has 0 bridgehead atoms. The maximum absolute atomic E-state index is 13.1. The van der Waals surface area contributed by atoms with Crippen molar-refractivity contribution in [3.63, 3.8) is 0 Å². The molecule has 15 heavy (non-hydrogen) atoms. The zero-order valence-electron chi connectivity index (χ0n) is 7.58. The molecule has 0 atom stereocenters. The van der Waals surface area contributed by atoms with Crippen LogP contribution in [-0.2, 0) is 4.79 Å². The summed E-state index contributed by atoms with van der Waals surface area (Å²) in [6.07, 6.45) is 0. The second-order valence-electron chi connectivity index (χ2n) is 2.58. The van der Waals surface area contributed by atoms with Gasteiger partial charge in [0.05, 0.1) is 12.7 Å². The molecule has 0 spiro atoms. The molecule has 0 aliphatic rings. The number of ether oxygens (including phenoxy) is 1. The number of hydrogen-bond acceptors (Lipinski definition) is 3. The number of carboxylic acids is 1. The van der Waals surface area contributed by atoms with Gasteiger partial charge in [0.25, 0.3) is 5.78 Å². The Hall–Kier alpha value is -1.98. The van der Waals surface area contributed by atoms with E-state index in [1.165, 1.54) is 0 Å². The highest BCUT2D eigenvalue weighted by atomic mass is 19.2. The minimum atomic E-state index is -1.85. The number of carboxylic acid groups (broad SMARTS) is 1. The Bertz CT molecular complexity index is 428. The molecule has 0 fully saturated rings. The highest BCUT2D eigenvalue weighted by molar-refractivity contribution is 6.39. The van der Waals surface area contributed by atoms with Gasteiger partial charge in [0.1, 0.15) is 0 Å². The molecule has 0 aromatic heterocycles. The predicted molar refractivity (Wildman–Crippen MR) is 44.9 cm³/mol. The Morgan fingerprint density at radius 1 is 1.27 bits per heavy atom. The van der Waals surface area contributed by atoms with Crippen LogP contribution in [0.25, 0.3) is 0 Å². The van der Waals surface area contributed by atoms with Gasteiger partial charge >= 0.3 is 5.97 Å². The number of aliphatic carboxylic acids is 1. The lowest BCUT2D eigenvalue weighted by Gasteiger charge is -2.04. The van der Waals surface area contributed by atoms with Gasteiger partial charge in [-0.1, -0.05) is 0 Å². The molecule has 80 valence electrons. The van der Waals surface area contributed by atoms with Gasteiger partial charge in [-0.15, -0.1) is 0 Å². The molecule has 0 aliphatic heterocycles. The van der Waals surface area contributed by atoms with Gasteiger partial charge in [-0.05, 0) is 12.1 Å². The van der Waals surface area contributed by atoms with Gasteiger partial charge in [0.15, 0.2) is 11.6 Å². The van der Waals surface area contributed by atoms with Gasteiger partial charge in [0.2, 0.25) is 5.82 Å². The number of Topliss-reactive ketones (excluding diaryl/α,β-unsaturated/α-hetero) is 1. The summed E-state index contributed by atoms with van der Waals surface area (Å²) in [7, 11) is 1.12. The lowest BCUT2D eigenvalue weighted by atomic mass is 10.1. The van der Waals surface area contributed by atoms with Crippen LogP contribution in [-0.4, -0.2) is 24.0 Å². The average molecular weight is 216 g/mol. The summed E-state index contributed by atoms with van der Waals surface area (Å²) in [5.41, 5.74) is -0.833. The number of rotatable bonds is 3. The third-order valence-electron chi connectivity index (χ3n) is 1.71. The first-order valence-corrected chi connectivity index (χ1v) is 3.78. The van der Waals surface area contributed by atoms with Crippen LogP contribution < -0.4 is 4.74 Å². The third kappa shape index (κ3) is 1.93. The van der Waals surface area contributed by atoms with Crippen molar-refractivity contribution in [3.05, 3.63) is 29.3 Å². The standard InChI is InChI=1S/C9H6F2O4/c1-15-5-3-2-4(6(10)7(5)11)8(12)9(13)14/h2-3H,1H3,(H,13,14). The molecule has 1 aromatic rings. The molecule has 0 saturated heterocycles. The van der Waals surface area contributed by atoms with Crippen LogP contribution in [0, 0.1) is 11.6 Å². The average Bonchev–Trinajstić information content (AvgIpc) is 2.21. The normalized spacial score (nSPS) is 9.80. The lowest BCUT2D eigenvalue weighted by molar-refractivity contribution is -0.131. The first kappa shape index (κ1) is 11.1. The molecule has 0 unspecified atom stereocenters. The molecule has 1 aromatic carbocycles. The van der Waals surface area contributed by atoms with Crippen molar-refractivity contribution >= 4 is 11.8 Å². The number of carbonyl (C=O) groups excluding carboxylic acids is 1. The van der Waals surface area contributed by atoms with Crippen LogP contribution in [0.3, 0.4) is 0 Å². The van der Waals surface area contributed by atoms with Gasteiger partial charge < -0.3 is 9.84 Å². The highest BCUT2D eigenvalue weighted by Gasteiger charge is 2.23. The summed E-state index contributed by atoms with van der Waals surface area (Å²) >= 11 is 0. The number of benzene rings is 1. The Labute approximate surface area is 83.1 Å². The van der Waals surface area contributed by atoms with Crippen molar-refractivity contribution in [2.24, 2.45) is 0 Å². The van der Waals surface area contributed by atoms with Crippen LogP contribution in [0.5, 0.6) is 5.75 Å². The Morgan fingerprint density at radius 2 is 1.87 bits per heavy atom. The van der Waals surface area contributed by atoms with Gasteiger partial charge in [0, 0.05) is 0 Å². The second-order valence-corrected chi connectivity index (χ2v) is 2.58. The zero-order valence-corrected chi connectivity index (χ0v) is 7.58. The van der Waals surface area contributed by atoms with Crippen molar-refractivity contribution in [2.45, 2.75) is 0 Å². The molecular weight excluding hydrogens is 210 g/mol. The molecular formula is C9H6F2O4. The van der Waals surface area contributed by atoms with E-state index in [0.717, 1.165) is 19.2 Å². The molecule has 0 amide bonds. The smallest absolute Gasteiger partial charge is 0.377 e. The fraction of sp³-hybridized carbons (Fsp3) is 0.111. The predicted octanol–water partition coefficient (Wildman–Crippen LogP) is 1.24. The SMILES string of the molecule is COc1ccc(C(=O)C(=O)O)c(F)c1F. The monoisotopic (exact) mass is 216 g/mol. The number of hydrogen-bond donors (Lipinski definition) is 1. The molecule has 0 heterocycles. The van der Waals surface area contributed by atoms with Crippen molar-refractivity contribution in [3.8, 4) is 5.75 Å². The van der Waals surface area contributed by atoms with Crippen molar-refractivity contribution in [2.75, 3.05) is 7.11 Å². The number of halogens is 2. The topological polar surface area (TPSA) is 63.6 Å². The largest absolute Gasteiger partial charge is 0.494 e. The van der Waals surface area contributed by atoms with Crippen molar-refractivity contribution < 1.29 is 28.2 Å². The van der Waals surface area contributed by atoms with Crippen LogP contribution in [0.1, 0.15) is 10.4 Å². The van der Waals surface area contributed by atoms with E-state index >= 15 is 0 Å². The molecule has 6 heteroatoms. The minimum Gasteiger partial charge on any atom is -0.494 e. The van der Waals surface area contributed by atoms with Gasteiger partial charge in [-0.2, -0.15) is 4.39 Å². The maximum Gasteiger partial charge on any atom is 0.377 e. The summed E-state index contributed by atoms with van der Waals surface area (Å²) in [5.74, 6) is -6.66. The first-order chi connectivity index (χ1) is 6.99. The van der Waals surface area contributed by atoms with E-state index in [1.54, 1.807) is 0 Å². The lowest BCUT2D eigenvalue weighted by Crippen LogP contribution is -2.15. The number of methoxy groups -OCH3 is 1. The summed E-state index contributed by atoms with van der Waals surface area (Å²) in [4.78, 5) is 21.1. The summed E-state index contributed by atoms with van der Waals surface area (Å²) in [6.45, 7) is 0. The summed E-state index contributed by atoms with van der Waals surface area (Å²) < 4.78 is 30.6. The van der Waals surface area contributed by atoms with E-state index in [-0.39, 0.29) is 0 Å². The number of ketones is 1. The molecule has 1 N–H and O–H groups in total. The summed E-state index contributed by atoms with van der Waals surface area (Å²) in [6, 6.07) is 1.84. The van der Waals surface area contributed by atoms with Gasteiger partial charge in [-0.25, -0.2) is 9.18 Å². The number of carbonyl (C=O) groups is 2. The van der Waals surface area contributed by atoms with Crippen molar-refractivity contribution in [1.82, 2.24) is 0 Å². The molecule has 1 rings (SSSR count). The van der Waals surface area contributed by atoms with E-state index in [9.17, 15) is 18.4 Å². The molecule has 4 nitrogen and oxygen atoms in total. The van der Waals surface area contributed by atoms with Crippen molar-refractivity contribution in [1.29, 1.82) is 0 Å². The first-order valence-electron chi connectivity index (χ1n) is 3.78. The van der Waals surface area contributed by atoms with E-state index in [2.05, 4.69) is 4.74 Å². The van der Waals surface area contributed by atoms with E-state index in [1.807, 2.05) is 0 Å². The minimum absolute atomic E-state index is 0.394. The van der Waals surface area contributed by atoms with E-state index in [4.69, 9.17) is 5.11 Å². The third-order valence-corrected chi connectivity index (χ3v) is 1.71. The Balaban J connectivity index is 3.29. The molecule has 0 radical (unpaired) electrons. The van der Waals surface area contributed by atoms with Crippen LogP contribution in [0.2, 0.25) is 0 Å². The fourth-order valence-corrected chi connectivity index (χ4v) is 0.980. The molecule has 0 aliphatic carbocycles. The Morgan fingerprint density at radius 3 is 2.33 bits per heavy atom. The quantitative estimate of drug-likeness (QED) is 0.609. The van der Waals surface area contributed by atoms with Crippen LogP contribution in [0.4, 0.5) is 8.78 Å². The van der Waals surface area contributed by atoms with Crippen LogP contribution in [0.15, 0.2) is 12.1 Å². The zero-order chi connectivity index (χ0) is 11.6. The van der Waals surface area contributed by atoms with E-state index in [0.29, 0.717) is 0 Å². The summed E-state index contributed by atoms with van der Waals surface area (Å²) in [5, 5.41) is 8.31. The van der Waals surface area contributed by atoms with Gasteiger partial charge in [-0.3, -0.25) is 4.79 Å².